The number of carbonyl (C=O) groups is 1. The van der Waals surface area contributed by atoms with Crippen LogP contribution in [-0.4, -0.2) is 41.7 Å². The largest absolute Gasteiger partial charge is 0.480 e. The summed E-state index contributed by atoms with van der Waals surface area (Å²) in [6, 6.07) is 6.11. The van der Waals surface area contributed by atoms with Crippen LogP contribution >= 0.6 is 0 Å². The molecule has 0 saturated carbocycles. The number of carboxylic acid groups (broad SMARTS) is 1. The number of rotatable bonds is 5. The van der Waals surface area contributed by atoms with Crippen molar-refractivity contribution >= 4 is 5.97 Å². The number of carboxylic acids is 1. The second-order valence-corrected chi connectivity index (χ2v) is 6.06. The molecule has 2 atom stereocenters. The van der Waals surface area contributed by atoms with Crippen LogP contribution in [0.25, 0.3) is 0 Å². The van der Waals surface area contributed by atoms with Gasteiger partial charge in [0.1, 0.15) is 6.04 Å². The standard InChI is InChI=1S/C17H26N2O2/c1-12-7-8-14(10-13(12)2)11-19-9-5-4-6-15(19)16(18-3)17(20)21/h7-8,10,15-16,18H,4-6,9,11H2,1-3H3,(H,20,21). The second kappa shape index (κ2) is 7.05. The van der Waals surface area contributed by atoms with Crippen LogP contribution in [0.4, 0.5) is 0 Å². The van der Waals surface area contributed by atoms with Gasteiger partial charge in [-0.2, -0.15) is 0 Å². The minimum absolute atomic E-state index is 0.0721. The van der Waals surface area contributed by atoms with E-state index in [1.807, 2.05) is 0 Å². The first kappa shape index (κ1) is 16.0. The highest BCUT2D eigenvalue weighted by molar-refractivity contribution is 5.74. The lowest BCUT2D eigenvalue weighted by Crippen LogP contribution is -2.54. The Morgan fingerprint density at radius 3 is 2.76 bits per heavy atom. The zero-order valence-corrected chi connectivity index (χ0v) is 13.2. The normalized spacial score (nSPS) is 21.2. The van der Waals surface area contributed by atoms with Gasteiger partial charge in [-0.15, -0.1) is 0 Å². The van der Waals surface area contributed by atoms with Crippen LogP contribution in [0.1, 0.15) is 36.0 Å². The fourth-order valence-electron chi connectivity index (χ4n) is 3.21. The first-order chi connectivity index (χ1) is 10.0. The van der Waals surface area contributed by atoms with E-state index >= 15 is 0 Å². The summed E-state index contributed by atoms with van der Waals surface area (Å²) in [5.41, 5.74) is 3.86. The predicted molar refractivity (Wildman–Crippen MR) is 84.4 cm³/mol. The SMILES string of the molecule is CNC(C(=O)O)C1CCCCN1Cc1ccc(C)c(C)c1. The fraction of sp³-hybridized carbons (Fsp3) is 0.588. The van der Waals surface area contributed by atoms with Gasteiger partial charge in [-0.05, 0) is 57.0 Å². The summed E-state index contributed by atoms with van der Waals surface area (Å²) in [5, 5.41) is 12.4. The molecule has 1 aliphatic rings. The van der Waals surface area contributed by atoms with E-state index in [2.05, 4.69) is 42.3 Å². The third-order valence-electron chi connectivity index (χ3n) is 4.58. The highest BCUT2D eigenvalue weighted by Crippen LogP contribution is 2.23. The Morgan fingerprint density at radius 2 is 2.14 bits per heavy atom. The number of aliphatic carboxylic acids is 1. The van der Waals surface area contributed by atoms with Crippen LogP contribution < -0.4 is 5.32 Å². The lowest BCUT2D eigenvalue weighted by Gasteiger charge is -2.38. The molecule has 2 rings (SSSR count). The van der Waals surface area contributed by atoms with Crippen LogP contribution in [0.2, 0.25) is 0 Å². The van der Waals surface area contributed by atoms with E-state index in [1.165, 1.54) is 16.7 Å². The minimum atomic E-state index is -0.755. The van der Waals surface area contributed by atoms with Crippen molar-refractivity contribution in [2.75, 3.05) is 13.6 Å². The summed E-state index contributed by atoms with van der Waals surface area (Å²) in [6.45, 7) is 6.05. The Morgan fingerprint density at radius 1 is 1.38 bits per heavy atom. The summed E-state index contributed by atoms with van der Waals surface area (Å²) in [4.78, 5) is 13.8. The molecule has 2 unspecified atom stereocenters. The molecule has 21 heavy (non-hydrogen) atoms. The van der Waals surface area contributed by atoms with Crippen LogP contribution in [0, 0.1) is 13.8 Å². The van der Waals surface area contributed by atoms with Crippen LogP contribution in [0.5, 0.6) is 0 Å². The first-order valence-corrected chi connectivity index (χ1v) is 7.73. The minimum Gasteiger partial charge on any atom is -0.480 e. The van der Waals surface area contributed by atoms with E-state index in [4.69, 9.17) is 0 Å². The number of likely N-dealkylation sites (tertiary alicyclic amines) is 1. The van der Waals surface area contributed by atoms with Gasteiger partial charge in [0.05, 0.1) is 0 Å². The molecule has 1 aromatic rings. The highest BCUT2D eigenvalue weighted by Gasteiger charge is 2.33. The topological polar surface area (TPSA) is 52.6 Å². The molecule has 1 fully saturated rings. The van der Waals surface area contributed by atoms with E-state index in [0.717, 1.165) is 32.4 Å². The van der Waals surface area contributed by atoms with Crippen molar-refractivity contribution < 1.29 is 9.90 Å². The zero-order chi connectivity index (χ0) is 15.4. The summed E-state index contributed by atoms with van der Waals surface area (Å²) in [7, 11) is 1.74. The van der Waals surface area contributed by atoms with Crippen molar-refractivity contribution in [2.45, 2.75) is 51.7 Å². The van der Waals surface area contributed by atoms with Gasteiger partial charge in [-0.25, -0.2) is 0 Å². The van der Waals surface area contributed by atoms with E-state index in [1.54, 1.807) is 7.05 Å². The summed E-state index contributed by atoms with van der Waals surface area (Å²) in [6.07, 6.45) is 3.21. The lowest BCUT2D eigenvalue weighted by atomic mass is 9.94. The van der Waals surface area contributed by atoms with E-state index < -0.39 is 12.0 Å². The third-order valence-corrected chi connectivity index (χ3v) is 4.58. The van der Waals surface area contributed by atoms with E-state index in [-0.39, 0.29) is 6.04 Å². The predicted octanol–water partition coefficient (Wildman–Crippen LogP) is 2.33. The molecule has 0 aliphatic carbocycles. The molecule has 1 saturated heterocycles. The third kappa shape index (κ3) is 3.83. The average Bonchev–Trinajstić information content (AvgIpc) is 2.45. The van der Waals surface area contributed by atoms with Crippen molar-refractivity contribution in [2.24, 2.45) is 0 Å². The van der Waals surface area contributed by atoms with Crippen LogP contribution in [0.3, 0.4) is 0 Å². The van der Waals surface area contributed by atoms with Crippen molar-refractivity contribution in [3.8, 4) is 0 Å². The molecule has 116 valence electrons. The van der Waals surface area contributed by atoms with Gasteiger partial charge in [0.15, 0.2) is 0 Å². The van der Waals surface area contributed by atoms with Gasteiger partial charge in [-0.3, -0.25) is 9.69 Å². The Bertz CT molecular complexity index is 502. The van der Waals surface area contributed by atoms with E-state index in [0.29, 0.717) is 0 Å². The number of hydrogen-bond acceptors (Lipinski definition) is 3. The van der Waals surface area contributed by atoms with Crippen LogP contribution in [0.15, 0.2) is 18.2 Å². The van der Waals surface area contributed by atoms with Gasteiger partial charge in [0.25, 0.3) is 0 Å². The van der Waals surface area contributed by atoms with Gasteiger partial charge in [-0.1, -0.05) is 24.6 Å². The smallest absolute Gasteiger partial charge is 0.322 e. The number of aryl methyl sites for hydroxylation is 2. The lowest BCUT2D eigenvalue weighted by molar-refractivity contribution is -0.141. The molecule has 4 nitrogen and oxygen atoms in total. The van der Waals surface area contributed by atoms with Crippen molar-refractivity contribution in [1.29, 1.82) is 0 Å². The molecule has 0 spiro atoms. The highest BCUT2D eigenvalue weighted by atomic mass is 16.4. The number of hydrogen-bond donors (Lipinski definition) is 2. The Labute approximate surface area is 127 Å². The first-order valence-electron chi connectivity index (χ1n) is 7.73. The van der Waals surface area contributed by atoms with Gasteiger partial charge >= 0.3 is 5.97 Å². The molecular formula is C17H26N2O2. The Balaban J connectivity index is 2.14. The Kier molecular flexibility index (Phi) is 5.37. The molecule has 0 aromatic heterocycles. The molecule has 0 bridgehead atoms. The van der Waals surface area contributed by atoms with Gasteiger partial charge in [0.2, 0.25) is 0 Å². The summed E-state index contributed by atoms with van der Waals surface area (Å²) < 4.78 is 0. The van der Waals surface area contributed by atoms with Crippen molar-refractivity contribution in [3.63, 3.8) is 0 Å². The Hall–Kier alpha value is -1.39. The second-order valence-electron chi connectivity index (χ2n) is 6.06. The number of likely N-dealkylation sites (N-methyl/N-ethyl adjacent to an activating group) is 1. The molecule has 1 aliphatic heterocycles. The molecule has 0 amide bonds. The van der Waals surface area contributed by atoms with Crippen molar-refractivity contribution in [3.05, 3.63) is 34.9 Å². The van der Waals surface area contributed by atoms with Gasteiger partial charge < -0.3 is 10.4 Å². The average molecular weight is 290 g/mol. The molecule has 1 aromatic carbocycles. The maximum absolute atomic E-state index is 11.4. The fourth-order valence-corrected chi connectivity index (χ4v) is 3.21. The molecule has 4 heteroatoms. The molecular weight excluding hydrogens is 264 g/mol. The van der Waals surface area contributed by atoms with Gasteiger partial charge in [0, 0.05) is 12.6 Å². The number of nitrogens with one attached hydrogen (secondary N) is 1. The van der Waals surface area contributed by atoms with E-state index in [9.17, 15) is 9.90 Å². The zero-order valence-electron chi connectivity index (χ0n) is 13.2. The van der Waals surface area contributed by atoms with Crippen LogP contribution in [-0.2, 0) is 11.3 Å². The molecule has 2 N–H and O–H groups in total. The number of nitrogens with zero attached hydrogens (tertiary/aromatic N) is 1. The number of piperidine rings is 1. The monoisotopic (exact) mass is 290 g/mol. The number of benzene rings is 1. The summed E-state index contributed by atoms with van der Waals surface area (Å²) >= 11 is 0. The van der Waals surface area contributed by atoms with Crippen molar-refractivity contribution in [1.82, 2.24) is 10.2 Å². The maximum Gasteiger partial charge on any atom is 0.322 e. The quantitative estimate of drug-likeness (QED) is 0.874. The maximum atomic E-state index is 11.4. The molecule has 1 heterocycles. The summed E-state index contributed by atoms with van der Waals surface area (Å²) in [5.74, 6) is -0.755. The molecule has 0 radical (unpaired) electrons.